The van der Waals surface area contributed by atoms with Crippen molar-refractivity contribution in [2.24, 2.45) is 0 Å². The van der Waals surface area contributed by atoms with E-state index in [2.05, 4.69) is 11.4 Å². The summed E-state index contributed by atoms with van der Waals surface area (Å²) in [6.07, 6.45) is 7.19. The van der Waals surface area contributed by atoms with E-state index in [1.54, 1.807) is 31.2 Å². The fourth-order valence-corrected chi connectivity index (χ4v) is 4.32. The number of hydrogen-bond acceptors (Lipinski definition) is 3. The van der Waals surface area contributed by atoms with E-state index in [1.165, 1.54) is 24.0 Å². The van der Waals surface area contributed by atoms with Gasteiger partial charge in [-0.05, 0) is 93.3 Å². The lowest BCUT2D eigenvalue weighted by atomic mass is 9.91. The molecular formula is C25H30N2O3. The molecule has 5 nitrogen and oxygen atoms in total. The molecule has 2 aliphatic rings. The van der Waals surface area contributed by atoms with Gasteiger partial charge in [-0.15, -0.1) is 0 Å². The molecule has 1 fully saturated rings. The maximum absolute atomic E-state index is 12.6. The van der Waals surface area contributed by atoms with Crippen LogP contribution in [0.4, 0.5) is 5.69 Å². The Kier molecular flexibility index (Phi) is 6.36. The molecule has 0 aromatic heterocycles. The second-order valence-electron chi connectivity index (χ2n) is 8.28. The first-order chi connectivity index (χ1) is 14.6. The number of fused-ring (bicyclic) bond motifs is 1. The Labute approximate surface area is 178 Å². The van der Waals surface area contributed by atoms with Crippen molar-refractivity contribution in [3.63, 3.8) is 0 Å². The van der Waals surface area contributed by atoms with E-state index in [-0.39, 0.29) is 11.8 Å². The lowest BCUT2D eigenvalue weighted by Gasteiger charge is -2.26. The van der Waals surface area contributed by atoms with Crippen LogP contribution in [0.1, 0.15) is 60.5 Å². The van der Waals surface area contributed by atoms with Crippen molar-refractivity contribution in [3.05, 3.63) is 59.2 Å². The van der Waals surface area contributed by atoms with Gasteiger partial charge in [0.1, 0.15) is 5.75 Å². The average Bonchev–Trinajstić information content (AvgIpc) is 2.80. The van der Waals surface area contributed by atoms with Crippen LogP contribution in [0.25, 0.3) is 0 Å². The highest BCUT2D eigenvalue weighted by atomic mass is 16.5. The molecule has 158 valence electrons. The van der Waals surface area contributed by atoms with Gasteiger partial charge >= 0.3 is 0 Å². The molecule has 1 saturated heterocycles. The smallest absolute Gasteiger partial charge is 0.265 e. The van der Waals surface area contributed by atoms with E-state index in [1.807, 2.05) is 17.0 Å². The number of nitrogens with one attached hydrogen (secondary N) is 1. The van der Waals surface area contributed by atoms with Crippen LogP contribution in [0.5, 0.6) is 5.75 Å². The molecule has 1 heterocycles. The van der Waals surface area contributed by atoms with Gasteiger partial charge in [0, 0.05) is 24.3 Å². The summed E-state index contributed by atoms with van der Waals surface area (Å²) in [7, 11) is 0. The van der Waals surface area contributed by atoms with Gasteiger partial charge in [-0.3, -0.25) is 9.59 Å². The maximum atomic E-state index is 12.6. The number of likely N-dealkylation sites (tertiary alicyclic amines) is 1. The standard InChI is InChI=1S/C25H30N2O3/c1-18(30-23-11-7-9-19-8-3-4-10-22(19)23)24(28)26-21-14-12-20(13-15-21)25(29)27-16-5-2-6-17-27/h7,9,11-15,18H,2-6,8,10,16-17H2,1H3,(H,26,28)/t18-/m0/s1. The molecule has 0 spiro atoms. The Hall–Kier alpha value is -2.82. The number of carbonyl (C=O) groups excluding carboxylic acids is 2. The zero-order chi connectivity index (χ0) is 20.9. The van der Waals surface area contributed by atoms with Crippen LogP contribution in [0.15, 0.2) is 42.5 Å². The van der Waals surface area contributed by atoms with E-state index in [0.29, 0.717) is 11.3 Å². The van der Waals surface area contributed by atoms with Crippen LogP contribution >= 0.6 is 0 Å². The minimum absolute atomic E-state index is 0.0677. The second kappa shape index (κ2) is 9.33. The predicted molar refractivity (Wildman–Crippen MR) is 118 cm³/mol. The van der Waals surface area contributed by atoms with Crippen molar-refractivity contribution >= 4 is 17.5 Å². The largest absolute Gasteiger partial charge is 0.481 e. The number of amides is 2. The summed E-state index contributed by atoms with van der Waals surface area (Å²) >= 11 is 0. The highest BCUT2D eigenvalue weighted by molar-refractivity contribution is 5.97. The summed E-state index contributed by atoms with van der Waals surface area (Å²) in [5.74, 6) is 0.689. The SMILES string of the molecule is C[C@H](Oc1cccc2c1CCCC2)C(=O)Nc1ccc(C(=O)N2CCCCC2)cc1. The van der Waals surface area contributed by atoms with Gasteiger partial charge in [-0.25, -0.2) is 0 Å². The van der Waals surface area contributed by atoms with E-state index in [4.69, 9.17) is 4.74 Å². The van der Waals surface area contributed by atoms with Gasteiger partial charge in [-0.2, -0.15) is 0 Å². The van der Waals surface area contributed by atoms with Crippen LogP contribution in [-0.2, 0) is 17.6 Å². The molecular weight excluding hydrogens is 376 g/mol. The Bertz CT molecular complexity index is 901. The molecule has 4 rings (SSSR count). The van der Waals surface area contributed by atoms with Crippen LogP contribution in [0, 0.1) is 0 Å². The number of benzene rings is 2. The van der Waals surface area contributed by atoms with E-state index in [9.17, 15) is 9.59 Å². The van der Waals surface area contributed by atoms with Crippen molar-refractivity contribution in [2.45, 2.75) is 58.0 Å². The first-order valence-corrected chi connectivity index (χ1v) is 11.1. The lowest BCUT2D eigenvalue weighted by molar-refractivity contribution is -0.122. The van der Waals surface area contributed by atoms with Crippen molar-refractivity contribution in [2.75, 3.05) is 18.4 Å². The molecule has 1 aliphatic heterocycles. The lowest BCUT2D eigenvalue weighted by Crippen LogP contribution is -2.35. The number of aryl methyl sites for hydroxylation is 1. The Morgan fingerprint density at radius 3 is 2.43 bits per heavy atom. The maximum Gasteiger partial charge on any atom is 0.265 e. The van der Waals surface area contributed by atoms with Crippen molar-refractivity contribution in [1.29, 1.82) is 0 Å². The van der Waals surface area contributed by atoms with Gasteiger partial charge in [0.05, 0.1) is 0 Å². The van der Waals surface area contributed by atoms with Gasteiger partial charge in [0.25, 0.3) is 11.8 Å². The number of anilines is 1. The van der Waals surface area contributed by atoms with Gasteiger partial charge in [0.15, 0.2) is 6.10 Å². The molecule has 2 amide bonds. The van der Waals surface area contributed by atoms with Crippen LogP contribution < -0.4 is 10.1 Å². The zero-order valence-corrected chi connectivity index (χ0v) is 17.7. The molecule has 0 saturated carbocycles. The third kappa shape index (κ3) is 4.66. The molecule has 1 N–H and O–H groups in total. The monoisotopic (exact) mass is 406 g/mol. The van der Waals surface area contributed by atoms with Crippen molar-refractivity contribution in [3.8, 4) is 5.75 Å². The number of nitrogens with zero attached hydrogens (tertiary/aromatic N) is 1. The summed E-state index contributed by atoms with van der Waals surface area (Å²) in [4.78, 5) is 27.1. The summed E-state index contributed by atoms with van der Waals surface area (Å²) in [5, 5.41) is 2.90. The molecule has 0 unspecified atom stereocenters. The first kappa shape index (κ1) is 20.5. The Morgan fingerprint density at radius 2 is 1.67 bits per heavy atom. The molecule has 30 heavy (non-hydrogen) atoms. The Balaban J connectivity index is 1.36. The van der Waals surface area contributed by atoms with Gasteiger partial charge in [-0.1, -0.05) is 12.1 Å². The van der Waals surface area contributed by atoms with Crippen LogP contribution in [-0.4, -0.2) is 35.9 Å². The fourth-order valence-electron chi connectivity index (χ4n) is 4.32. The quantitative estimate of drug-likeness (QED) is 0.790. The number of hydrogen-bond donors (Lipinski definition) is 1. The summed E-state index contributed by atoms with van der Waals surface area (Å²) in [6, 6.07) is 13.2. The van der Waals surface area contributed by atoms with Crippen molar-refractivity contribution < 1.29 is 14.3 Å². The first-order valence-electron chi connectivity index (χ1n) is 11.1. The van der Waals surface area contributed by atoms with Gasteiger partial charge < -0.3 is 15.0 Å². The number of ether oxygens (including phenoxy) is 1. The molecule has 1 atom stereocenters. The molecule has 2 aromatic carbocycles. The van der Waals surface area contributed by atoms with E-state index < -0.39 is 6.10 Å². The fraction of sp³-hybridized carbons (Fsp3) is 0.440. The number of rotatable bonds is 5. The summed E-state index contributed by atoms with van der Waals surface area (Å²) in [6.45, 7) is 3.43. The average molecular weight is 407 g/mol. The molecule has 0 radical (unpaired) electrons. The highest BCUT2D eigenvalue weighted by Gasteiger charge is 2.21. The van der Waals surface area contributed by atoms with Crippen LogP contribution in [0.2, 0.25) is 0 Å². The molecule has 2 aromatic rings. The van der Waals surface area contributed by atoms with E-state index >= 15 is 0 Å². The van der Waals surface area contributed by atoms with Crippen LogP contribution in [0.3, 0.4) is 0 Å². The topological polar surface area (TPSA) is 58.6 Å². The molecule has 5 heteroatoms. The Morgan fingerprint density at radius 1 is 0.933 bits per heavy atom. The van der Waals surface area contributed by atoms with Crippen molar-refractivity contribution in [1.82, 2.24) is 4.90 Å². The minimum atomic E-state index is -0.604. The third-order valence-corrected chi connectivity index (χ3v) is 6.07. The highest BCUT2D eigenvalue weighted by Crippen LogP contribution is 2.30. The molecule has 1 aliphatic carbocycles. The second-order valence-corrected chi connectivity index (χ2v) is 8.28. The molecule has 0 bridgehead atoms. The third-order valence-electron chi connectivity index (χ3n) is 6.07. The normalized spacial score (nSPS) is 17.0. The number of carbonyl (C=O) groups is 2. The zero-order valence-electron chi connectivity index (χ0n) is 17.7. The summed E-state index contributed by atoms with van der Waals surface area (Å²) in [5.41, 5.74) is 3.90. The predicted octanol–water partition coefficient (Wildman–Crippen LogP) is 4.60. The van der Waals surface area contributed by atoms with E-state index in [0.717, 1.165) is 50.9 Å². The minimum Gasteiger partial charge on any atom is -0.481 e. The summed E-state index contributed by atoms with van der Waals surface area (Å²) < 4.78 is 6.02. The number of piperidine rings is 1. The van der Waals surface area contributed by atoms with Gasteiger partial charge in [0.2, 0.25) is 0 Å².